The van der Waals surface area contributed by atoms with E-state index in [4.69, 9.17) is 16.3 Å². The number of likely N-dealkylation sites (tertiary alicyclic amines) is 1. The van der Waals surface area contributed by atoms with Gasteiger partial charge in [0.25, 0.3) is 0 Å². The number of aliphatic imine (C=N–C) groups is 1. The first-order chi connectivity index (χ1) is 12.1. The van der Waals surface area contributed by atoms with Crippen molar-refractivity contribution >= 4 is 47.6 Å². The van der Waals surface area contributed by atoms with Gasteiger partial charge in [0.05, 0.1) is 13.2 Å². The van der Waals surface area contributed by atoms with Crippen LogP contribution in [-0.4, -0.2) is 49.2 Å². The number of amides is 1. The molecular formula is C18H28ClIN4O2. The van der Waals surface area contributed by atoms with E-state index >= 15 is 0 Å². The molecule has 1 amide bonds. The van der Waals surface area contributed by atoms with Gasteiger partial charge in [0.15, 0.2) is 5.96 Å². The molecule has 1 aromatic rings. The Kier molecular flexibility index (Phi) is 10.7. The Morgan fingerprint density at radius 1 is 1.27 bits per heavy atom. The summed E-state index contributed by atoms with van der Waals surface area (Å²) in [5.74, 6) is 0.798. The van der Waals surface area contributed by atoms with Crippen LogP contribution in [0.3, 0.4) is 0 Å². The minimum atomic E-state index is -0.218. The minimum Gasteiger partial charge on any atom is -0.450 e. The summed E-state index contributed by atoms with van der Waals surface area (Å²) in [6, 6.07) is 8.00. The first kappa shape index (κ1) is 22.8. The number of nitrogens with zero attached hydrogens (tertiary/aromatic N) is 2. The van der Waals surface area contributed by atoms with Crippen LogP contribution >= 0.6 is 35.6 Å². The predicted octanol–water partition coefficient (Wildman–Crippen LogP) is 3.63. The van der Waals surface area contributed by atoms with Crippen LogP contribution in [0.4, 0.5) is 4.79 Å². The van der Waals surface area contributed by atoms with Crippen LogP contribution in [-0.2, 0) is 11.3 Å². The SMILES string of the molecule is CCNC(=NCc1ccc(Cl)cc1)NC1CCN(C(=O)OCC)CC1.I. The second-order valence-electron chi connectivity index (χ2n) is 5.93. The quantitative estimate of drug-likeness (QED) is 0.373. The molecule has 0 atom stereocenters. The van der Waals surface area contributed by atoms with Crippen LogP contribution in [0.15, 0.2) is 29.3 Å². The van der Waals surface area contributed by atoms with Gasteiger partial charge < -0.3 is 20.3 Å². The second kappa shape index (κ2) is 12.2. The number of rotatable bonds is 5. The molecule has 6 nitrogen and oxygen atoms in total. The zero-order valence-electron chi connectivity index (χ0n) is 15.3. The Hall–Kier alpha value is -1.22. The third-order valence-electron chi connectivity index (χ3n) is 4.04. The summed E-state index contributed by atoms with van der Waals surface area (Å²) in [6.45, 7) is 7.08. The van der Waals surface area contributed by atoms with Crippen LogP contribution < -0.4 is 10.6 Å². The third kappa shape index (κ3) is 7.57. The van der Waals surface area contributed by atoms with E-state index in [-0.39, 0.29) is 30.1 Å². The molecule has 8 heteroatoms. The zero-order valence-corrected chi connectivity index (χ0v) is 18.4. The highest BCUT2D eigenvalue weighted by Crippen LogP contribution is 2.12. The molecule has 2 N–H and O–H groups in total. The molecule has 0 saturated carbocycles. The smallest absolute Gasteiger partial charge is 0.409 e. The van der Waals surface area contributed by atoms with Crippen LogP contribution in [0.2, 0.25) is 5.02 Å². The van der Waals surface area contributed by atoms with Crippen LogP contribution in [0.1, 0.15) is 32.3 Å². The Bertz CT molecular complexity index is 575. The molecule has 1 heterocycles. The molecule has 0 bridgehead atoms. The van der Waals surface area contributed by atoms with Crippen molar-refractivity contribution in [2.24, 2.45) is 4.99 Å². The lowest BCUT2D eigenvalue weighted by Crippen LogP contribution is -2.49. The molecule has 1 fully saturated rings. The molecular weight excluding hydrogens is 467 g/mol. The van der Waals surface area contributed by atoms with E-state index in [0.717, 1.165) is 35.9 Å². The molecule has 1 aromatic carbocycles. The van der Waals surface area contributed by atoms with E-state index < -0.39 is 0 Å². The van der Waals surface area contributed by atoms with Crippen LogP contribution in [0, 0.1) is 0 Å². The standard InChI is InChI=1S/C18H27ClN4O2.HI/c1-3-20-17(21-13-14-5-7-15(19)8-6-14)22-16-9-11-23(12-10-16)18(24)25-4-2;/h5-8,16H,3-4,9-13H2,1-2H3,(H2,20,21,22);1H. The van der Waals surface area contributed by atoms with Gasteiger partial charge in [-0.3, -0.25) is 0 Å². The van der Waals surface area contributed by atoms with Crippen LogP contribution in [0.5, 0.6) is 0 Å². The van der Waals surface area contributed by atoms with E-state index in [1.165, 1.54) is 0 Å². The van der Waals surface area contributed by atoms with Gasteiger partial charge in [-0.1, -0.05) is 23.7 Å². The normalized spacial score (nSPS) is 15.2. The molecule has 2 rings (SSSR count). The van der Waals surface area contributed by atoms with Gasteiger partial charge in [-0.05, 0) is 44.4 Å². The highest BCUT2D eigenvalue weighted by molar-refractivity contribution is 14.0. The highest BCUT2D eigenvalue weighted by Gasteiger charge is 2.23. The Labute approximate surface area is 177 Å². The number of hydrogen-bond donors (Lipinski definition) is 2. The summed E-state index contributed by atoms with van der Waals surface area (Å²) in [4.78, 5) is 18.2. The van der Waals surface area contributed by atoms with E-state index in [1.54, 1.807) is 4.90 Å². The highest BCUT2D eigenvalue weighted by atomic mass is 127. The van der Waals surface area contributed by atoms with E-state index in [0.29, 0.717) is 32.3 Å². The molecule has 1 aliphatic heterocycles. The molecule has 1 saturated heterocycles. The van der Waals surface area contributed by atoms with Gasteiger partial charge in [0.1, 0.15) is 0 Å². The van der Waals surface area contributed by atoms with Crippen molar-refractivity contribution in [3.8, 4) is 0 Å². The Balaban J connectivity index is 0.00000338. The summed E-state index contributed by atoms with van der Waals surface area (Å²) in [5.41, 5.74) is 1.11. The van der Waals surface area contributed by atoms with Gasteiger partial charge in [-0.25, -0.2) is 9.79 Å². The van der Waals surface area contributed by atoms with E-state index in [2.05, 4.69) is 15.6 Å². The second-order valence-corrected chi connectivity index (χ2v) is 6.36. The Morgan fingerprint density at radius 3 is 2.50 bits per heavy atom. The number of carbonyl (C=O) groups excluding carboxylic acids is 1. The maximum absolute atomic E-state index is 11.8. The summed E-state index contributed by atoms with van der Waals surface area (Å²) >= 11 is 5.91. The molecule has 146 valence electrons. The summed E-state index contributed by atoms with van der Waals surface area (Å²) in [6.07, 6.45) is 1.54. The lowest BCUT2D eigenvalue weighted by molar-refractivity contribution is 0.0963. The number of guanidine groups is 1. The topological polar surface area (TPSA) is 66.0 Å². The average molecular weight is 495 g/mol. The van der Waals surface area contributed by atoms with Gasteiger partial charge in [-0.15, -0.1) is 24.0 Å². The fourth-order valence-electron chi connectivity index (χ4n) is 2.69. The lowest BCUT2D eigenvalue weighted by Gasteiger charge is -2.32. The number of halogens is 2. The van der Waals surface area contributed by atoms with Crippen molar-refractivity contribution in [2.75, 3.05) is 26.2 Å². The molecule has 1 aliphatic rings. The first-order valence-electron chi connectivity index (χ1n) is 8.83. The van der Waals surface area contributed by atoms with Gasteiger partial charge in [0.2, 0.25) is 0 Å². The third-order valence-corrected chi connectivity index (χ3v) is 4.29. The summed E-state index contributed by atoms with van der Waals surface area (Å²) < 4.78 is 5.05. The van der Waals surface area contributed by atoms with Gasteiger partial charge in [-0.2, -0.15) is 0 Å². The molecule has 0 radical (unpaired) electrons. The number of benzene rings is 1. The number of piperidine rings is 1. The Morgan fingerprint density at radius 2 is 1.92 bits per heavy atom. The van der Waals surface area contributed by atoms with E-state index in [1.807, 2.05) is 38.1 Å². The summed E-state index contributed by atoms with van der Waals surface area (Å²) in [7, 11) is 0. The maximum Gasteiger partial charge on any atom is 0.409 e. The molecule has 0 aromatic heterocycles. The number of carbonyl (C=O) groups is 1. The zero-order chi connectivity index (χ0) is 18.1. The first-order valence-corrected chi connectivity index (χ1v) is 9.21. The molecule has 0 aliphatic carbocycles. The molecule has 0 unspecified atom stereocenters. The largest absolute Gasteiger partial charge is 0.450 e. The number of ether oxygens (including phenoxy) is 1. The predicted molar refractivity (Wildman–Crippen MR) is 116 cm³/mol. The van der Waals surface area contributed by atoms with Crippen molar-refractivity contribution < 1.29 is 9.53 Å². The lowest BCUT2D eigenvalue weighted by atomic mass is 10.1. The van der Waals surface area contributed by atoms with Crippen molar-refractivity contribution in [3.05, 3.63) is 34.9 Å². The van der Waals surface area contributed by atoms with Crippen molar-refractivity contribution in [3.63, 3.8) is 0 Å². The van der Waals surface area contributed by atoms with Gasteiger partial charge >= 0.3 is 6.09 Å². The number of nitrogens with one attached hydrogen (secondary N) is 2. The molecule has 26 heavy (non-hydrogen) atoms. The minimum absolute atomic E-state index is 0. The summed E-state index contributed by atoms with van der Waals surface area (Å²) in [5, 5.41) is 7.47. The molecule has 0 spiro atoms. The van der Waals surface area contributed by atoms with E-state index in [9.17, 15) is 4.79 Å². The van der Waals surface area contributed by atoms with Crippen molar-refractivity contribution in [2.45, 2.75) is 39.3 Å². The van der Waals surface area contributed by atoms with Gasteiger partial charge in [0, 0.05) is 30.7 Å². The number of hydrogen-bond acceptors (Lipinski definition) is 3. The fourth-order valence-corrected chi connectivity index (χ4v) is 2.82. The monoisotopic (exact) mass is 494 g/mol. The fraction of sp³-hybridized carbons (Fsp3) is 0.556. The van der Waals surface area contributed by atoms with Crippen molar-refractivity contribution in [1.82, 2.24) is 15.5 Å². The van der Waals surface area contributed by atoms with Crippen molar-refractivity contribution in [1.29, 1.82) is 0 Å². The van der Waals surface area contributed by atoms with Crippen LogP contribution in [0.25, 0.3) is 0 Å². The maximum atomic E-state index is 11.8. The average Bonchev–Trinajstić information content (AvgIpc) is 2.62.